The Morgan fingerprint density at radius 2 is 2.00 bits per heavy atom. The number of benzene rings is 2. The van der Waals surface area contributed by atoms with Crippen LogP contribution in [0.5, 0.6) is 11.5 Å². The number of hydrogen-bond donors (Lipinski definition) is 0. The van der Waals surface area contributed by atoms with Crippen molar-refractivity contribution in [2.75, 3.05) is 0 Å². The summed E-state index contributed by atoms with van der Waals surface area (Å²) in [6.07, 6.45) is 0. The third-order valence-corrected chi connectivity index (χ3v) is 3.08. The van der Waals surface area contributed by atoms with Gasteiger partial charge in [-0.25, -0.2) is 4.39 Å². The first kappa shape index (κ1) is 14.3. The smallest absolute Gasteiger partial charge is 0.311 e. The Bertz CT molecular complexity index is 661. The van der Waals surface area contributed by atoms with Crippen LogP contribution >= 0.6 is 11.6 Å². The Kier molecular flexibility index (Phi) is 4.20. The van der Waals surface area contributed by atoms with E-state index in [0.717, 1.165) is 0 Å². The van der Waals surface area contributed by atoms with E-state index in [4.69, 9.17) is 16.3 Å². The topological polar surface area (TPSA) is 52.4 Å². The number of alkyl halides is 1. The number of halogens is 2. The van der Waals surface area contributed by atoms with E-state index < -0.39 is 10.7 Å². The highest BCUT2D eigenvalue weighted by Crippen LogP contribution is 2.36. The van der Waals surface area contributed by atoms with Gasteiger partial charge in [-0.3, -0.25) is 10.1 Å². The van der Waals surface area contributed by atoms with E-state index in [9.17, 15) is 14.5 Å². The van der Waals surface area contributed by atoms with Gasteiger partial charge in [0.1, 0.15) is 11.6 Å². The van der Waals surface area contributed by atoms with E-state index >= 15 is 0 Å². The normalized spacial score (nSPS) is 10.3. The highest BCUT2D eigenvalue weighted by molar-refractivity contribution is 6.17. The van der Waals surface area contributed by atoms with Gasteiger partial charge in [-0.2, -0.15) is 0 Å². The molecule has 0 fully saturated rings. The molecule has 0 unspecified atom stereocenters. The summed E-state index contributed by atoms with van der Waals surface area (Å²) >= 11 is 5.69. The van der Waals surface area contributed by atoms with E-state index in [1.807, 2.05) is 0 Å². The van der Waals surface area contributed by atoms with Gasteiger partial charge in [0, 0.05) is 11.6 Å². The first-order chi connectivity index (χ1) is 9.54. The highest BCUT2D eigenvalue weighted by Gasteiger charge is 2.19. The zero-order valence-electron chi connectivity index (χ0n) is 10.6. The van der Waals surface area contributed by atoms with Crippen LogP contribution in [0.2, 0.25) is 0 Å². The van der Waals surface area contributed by atoms with E-state index in [0.29, 0.717) is 5.56 Å². The van der Waals surface area contributed by atoms with Crippen molar-refractivity contribution in [2.24, 2.45) is 0 Å². The number of rotatable bonds is 4. The van der Waals surface area contributed by atoms with Gasteiger partial charge in [0.15, 0.2) is 0 Å². The molecule has 0 spiro atoms. The zero-order valence-corrected chi connectivity index (χ0v) is 11.4. The average Bonchev–Trinajstić information content (AvgIpc) is 2.41. The Hall–Kier alpha value is -2.14. The van der Waals surface area contributed by atoms with Crippen LogP contribution in [0.1, 0.15) is 11.1 Å². The summed E-state index contributed by atoms with van der Waals surface area (Å²) in [4.78, 5) is 10.5. The molecule has 0 aliphatic carbocycles. The number of aryl methyl sites for hydroxylation is 1. The Morgan fingerprint density at radius 3 is 2.65 bits per heavy atom. The van der Waals surface area contributed by atoms with Gasteiger partial charge in [-0.15, -0.1) is 11.6 Å². The molecule has 0 saturated carbocycles. The summed E-state index contributed by atoms with van der Waals surface area (Å²) in [7, 11) is 0. The van der Waals surface area contributed by atoms with Crippen molar-refractivity contribution in [3.8, 4) is 11.5 Å². The molecular formula is C14H11ClFNO3. The summed E-state index contributed by atoms with van der Waals surface area (Å²) < 4.78 is 19.2. The van der Waals surface area contributed by atoms with E-state index in [2.05, 4.69) is 0 Å². The molecular weight excluding hydrogens is 285 g/mol. The molecule has 0 heterocycles. The molecule has 0 N–H and O–H groups in total. The van der Waals surface area contributed by atoms with Crippen molar-refractivity contribution in [3.05, 3.63) is 63.5 Å². The van der Waals surface area contributed by atoms with Crippen LogP contribution in [0.4, 0.5) is 10.1 Å². The molecule has 2 rings (SSSR count). The number of nitrogens with zero attached hydrogens (tertiary/aromatic N) is 1. The maximum atomic E-state index is 13.6. The fourth-order valence-corrected chi connectivity index (χ4v) is 2.05. The molecule has 0 saturated heterocycles. The molecule has 0 aliphatic heterocycles. The second-order valence-corrected chi connectivity index (χ2v) is 4.40. The Morgan fingerprint density at radius 1 is 1.30 bits per heavy atom. The lowest BCUT2D eigenvalue weighted by Gasteiger charge is -2.12. The summed E-state index contributed by atoms with van der Waals surface area (Å²) in [5.41, 5.74) is 0.588. The van der Waals surface area contributed by atoms with Crippen molar-refractivity contribution in [2.45, 2.75) is 12.8 Å². The van der Waals surface area contributed by atoms with Gasteiger partial charge < -0.3 is 4.74 Å². The molecule has 0 amide bonds. The van der Waals surface area contributed by atoms with Crippen LogP contribution in [0, 0.1) is 22.9 Å². The van der Waals surface area contributed by atoms with Gasteiger partial charge in [-0.05, 0) is 24.6 Å². The van der Waals surface area contributed by atoms with Crippen LogP contribution in [0.25, 0.3) is 0 Å². The first-order valence-corrected chi connectivity index (χ1v) is 6.33. The van der Waals surface area contributed by atoms with Crippen molar-refractivity contribution in [3.63, 3.8) is 0 Å². The average molecular weight is 296 g/mol. The van der Waals surface area contributed by atoms with Crippen LogP contribution < -0.4 is 4.74 Å². The number of nitro benzene ring substituents is 1. The maximum Gasteiger partial charge on any atom is 0.311 e. The van der Waals surface area contributed by atoms with Gasteiger partial charge in [0.2, 0.25) is 5.75 Å². The summed E-state index contributed by atoms with van der Waals surface area (Å²) in [5, 5.41) is 11.0. The molecule has 4 nitrogen and oxygen atoms in total. The lowest BCUT2D eigenvalue weighted by atomic mass is 10.2. The fourth-order valence-electron chi connectivity index (χ4n) is 1.79. The molecule has 2 aromatic carbocycles. The van der Waals surface area contributed by atoms with Crippen LogP contribution in [-0.2, 0) is 5.88 Å². The number of nitro groups is 1. The van der Waals surface area contributed by atoms with Gasteiger partial charge >= 0.3 is 5.69 Å². The number of ether oxygens (including phenoxy) is 1. The van der Waals surface area contributed by atoms with Crippen molar-refractivity contribution in [1.29, 1.82) is 0 Å². The third-order valence-electron chi connectivity index (χ3n) is 2.81. The largest absolute Gasteiger partial charge is 0.449 e. The molecule has 0 atom stereocenters. The summed E-state index contributed by atoms with van der Waals surface area (Å²) in [6, 6.07) is 8.83. The highest BCUT2D eigenvalue weighted by atomic mass is 35.5. The molecule has 0 aromatic heterocycles. The number of para-hydroxylation sites is 1. The molecule has 0 bridgehead atoms. The van der Waals surface area contributed by atoms with E-state index in [-0.39, 0.29) is 28.6 Å². The SMILES string of the molecule is Cc1cccc([N+](=O)[O-])c1Oc1cccc(F)c1CCl. The van der Waals surface area contributed by atoms with Gasteiger partial charge in [0.25, 0.3) is 0 Å². The Balaban J connectivity index is 2.50. The van der Waals surface area contributed by atoms with Crippen LogP contribution in [0.15, 0.2) is 36.4 Å². The molecule has 104 valence electrons. The monoisotopic (exact) mass is 295 g/mol. The fraction of sp³-hybridized carbons (Fsp3) is 0.143. The minimum Gasteiger partial charge on any atom is -0.449 e. The summed E-state index contributed by atoms with van der Waals surface area (Å²) in [6.45, 7) is 1.68. The molecule has 2 aromatic rings. The van der Waals surface area contributed by atoms with Gasteiger partial charge in [0.05, 0.1) is 10.8 Å². The lowest BCUT2D eigenvalue weighted by Crippen LogP contribution is -1.98. The molecule has 0 radical (unpaired) electrons. The van der Waals surface area contributed by atoms with Crippen molar-refractivity contribution >= 4 is 17.3 Å². The second-order valence-electron chi connectivity index (χ2n) is 4.13. The quantitative estimate of drug-likeness (QED) is 0.471. The molecule has 20 heavy (non-hydrogen) atoms. The van der Waals surface area contributed by atoms with Gasteiger partial charge in [-0.1, -0.05) is 18.2 Å². The van der Waals surface area contributed by atoms with E-state index in [1.54, 1.807) is 19.1 Å². The van der Waals surface area contributed by atoms with Crippen molar-refractivity contribution < 1.29 is 14.1 Å². The standard InChI is InChI=1S/C14H11ClFNO3/c1-9-4-2-6-12(17(18)19)14(9)20-13-7-3-5-11(16)10(13)8-15/h2-7H,8H2,1H3. The van der Waals surface area contributed by atoms with E-state index in [1.165, 1.54) is 24.3 Å². The minimum atomic E-state index is -0.540. The Labute approximate surface area is 119 Å². The minimum absolute atomic E-state index is 0.0817. The zero-order chi connectivity index (χ0) is 14.7. The lowest BCUT2D eigenvalue weighted by molar-refractivity contribution is -0.385. The summed E-state index contributed by atoms with van der Waals surface area (Å²) in [5.74, 6) is -0.317. The first-order valence-electron chi connectivity index (χ1n) is 5.79. The second kappa shape index (κ2) is 5.88. The molecule has 6 heteroatoms. The third kappa shape index (κ3) is 2.72. The number of hydrogen-bond acceptors (Lipinski definition) is 3. The van der Waals surface area contributed by atoms with Crippen LogP contribution in [0.3, 0.4) is 0 Å². The van der Waals surface area contributed by atoms with Crippen LogP contribution in [-0.4, -0.2) is 4.92 Å². The predicted molar refractivity (Wildman–Crippen MR) is 73.9 cm³/mol. The molecule has 0 aliphatic rings. The predicted octanol–water partition coefficient (Wildman–Crippen LogP) is 4.57. The van der Waals surface area contributed by atoms with Crippen molar-refractivity contribution in [1.82, 2.24) is 0 Å². The maximum absolute atomic E-state index is 13.6.